The van der Waals surface area contributed by atoms with Crippen LogP contribution in [0.25, 0.3) is 21.9 Å². The lowest BCUT2D eigenvalue weighted by Gasteiger charge is -2.15. The van der Waals surface area contributed by atoms with E-state index in [1.807, 2.05) is 19.9 Å². The lowest BCUT2D eigenvalue weighted by molar-refractivity contribution is -0.122. The molecule has 3 aromatic rings. The first-order valence-electron chi connectivity index (χ1n) is 8.85. The van der Waals surface area contributed by atoms with Gasteiger partial charge >= 0.3 is 0 Å². The Morgan fingerprint density at radius 1 is 0.923 bits per heavy atom. The number of methoxy groups -OCH3 is 1. The standard InChI is InChI=1S/C20H20O.C2H6.CH2O2/c1-14(2)19-12-16-9-10-18(21-3)11-17(16)13-20(19)15-7-5-4-6-8-15;1-2;2-1-3/h4-14H,1-3H3;1-2H3;1H,(H,2,3). The second kappa shape index (κ2) is 10.9. The van der Waals surface area contributed by atoms with Gasteiger partial charge < -0.3 is 9.84 Å². The van der Waals surface area contributed by atoms with Crippen molar-refractivity contribution in [3.8, 4) is 16.9 Å². The van der Waals surface area contributed by atoms with E-state index < -0.39 is 0 Å². The predicted octanol–water partition coefficient (Wildman–Crippen LogP) is 6.37. The highest BCUT2D eigenvalue weighted by atomic mass is 16.5. The van der Waals surface area contributed by atoms with E-state index in [0.717, 1.165) is 5.75 Å². The first-order valence-corrected chi connectivity index (χ1v) is 8.85. The van der Waals surface area contributed by atoms with Crippen LogP contribution in [0, 0.1) is 0 Å². The zero-order valence-corrected chi connectivity index (χ0v) is 16.2. The minimum absolute atomic E-state index is 0.250. The Labute approximate surface area is 156 Å². The average Bonchev–Trinajstić information content (AvgIpc) is 2.69. The molecule has 3 nitrogen and oxygen atoms in total. The Kier molecular flexibility index (Phi) is 8.93. The summed E-state index contributed by atoms with van der Waals surface area (Å²) in [4.78, 5) is 8.36. The third-order valence-corrected chi connectivity index (χ3v) is 3.92. The first-order chi connectivity index (χ1) is 12.6. The molecule has 0 saturated heterocycles. The van der Waals surface area contributed by atoms with Crippen molar-refractivity contribution in [2.24, 2.45) is 0 Å². The van der Waals surface area contributed by atoms with E-state index in [-0.39, 0.29) is 6.47 Å². The highest BCUT2D eigenvalue weighted by Crippen LogP contribution is 2.34. The van der Waals surface area contributed by atoms with E-state index in [9.17, 15) is 0 Å². The van der Waals surface area contributed by atoms with Gasteiger partial charge in [0.05, 0.1) is 7.11 Å². The molecule has 0 aliphatic heterocycles. The van der Waals surface area contributed by atoms with Crippen molar-refractivity contribution < 1.29 is 14.6 Å². The van der Waals surface area contributed by atoms with Crippen molar-refractivity contribution in [1.82, 2.24) is 0 Å². The summed E-state index contributed by atoms with van der Waals surface area (Å²) in [5, 5.41) is 9.37. The number of carboxylic acid groups (broad SMARTS) is 1. The van der Waals surface area contributed by atoms with Crippen LogP contribution in [-0.2, 0) is 4.79 Å². The molecule has 0 aliphatic carbocycles. The molecule has 3 aromatic carbocycles. The van der Waals surface area contributed by atoms with Crippen LogP contribution in [0.2, 0.25) is 0 Å². The molecule has 3 heteroatoms. The molecular formula is C23H28O3. The molecular weight excluding hydrogens is 324 g/mol. The number of rotatable bonds is 3. The summed E-state index contributed by atoms with van der Waals surface area (Å²) < 4.78 is 5.35. The molecule has 0 aliphatic rings. The number of ether oxygens (including phenoxy) is 1. The number of fused-ring (bicyclic) bond motifs is 1. The van der Waals surface area contributed by atoms with E-state index in [4.69, 9.17) is 14.6 Å². The Bertz CT molecular complexity index is 808. The van der Waals surface area contributed by atoms with Gasteiger partial charge in [0.25, 0.3) is 6.47 Å². The summed E-state index contributed by atoms with van der Waals surface area (Å²) in [5.41, 5.74) is 3.97. The van der Waals surface area contributed by atoms with Gasteiger partial charge in [-0.25, -0.2) is 0 Å². The fraction of sp³-hybridized carbons (Fsp3) is 0.261. The van der Waals surface area contributed by atoms with Gasteiger partial charge in [0.1, 0.15) is 5.75 Å². The lowest BCUT2D eigenvalue weighted by atomic mass is 9.90. The molecule has 0 spiro atoms. The van der Waals surface area contributed by atoms with E-state index in [0.29, 0.717) is 5.92 Å². The van der Waals surface area contributed by atoms with Crippen LogP contribution in [0.4, 0.5) is 0 Å². The van der Waals surface area contributed by atoms with Crippen LogP contribution in [0.1, 0.15) is 39.2 Å². The van der Waals surface area contributed by atoms with Crippen LogP contribution in [-0.4, -0.2) is 18.7 Å². The summed E-state index contributed by atoms with van der Waals surface area (Å²) >= 11 is 0. The molecule has 0 bridgehead atoms. The van der Waals surface area contributed by atoms with Crippen molar-refractivity contribution in [2.45, 2.75) is 33.6 Å². The summed E-state index contributed by atoms with van der Waals surface area (Å²) in [6.07, 6.45) is 0. The Hall–Kier alpha value is -2.81. The topological polar surface area (TPSA) is 46.5 Å². The van der Waals surface area contributed by atoms with Crippen molar-refractivity contribution in [3.05, 3.63) is 66.2 Å². The molecule has 1 N–H and O–H groups in total. The van der Waals surface area contributed by atoms with Crippen LogP contribution < -0.4 is 4.74 Å². The number of carbonyl (C=O) groups is 1. The smallest absolute Gasteiger partial charge is 0.290 e. The van der Waals surface area contributed by atoms with Crippen LogP contribution in [0.15, 0.2) is 60.7 Å². The number of hydrogen-bond acceptors (Lipinski definition) is 2. The van der Waals surface area contributed by atoms with Crippen molar-refractivity contribution in [2.75, 3.05) is 7.11 Å². The van der Waals surface area contributed by atoms with Gasteiger partial charge in [0, 0.05) is 0 Å². The zero-order chi connectivity index (χ0) is 19.5. The second-order valence-corrected chi connectivity index (χ2v) is 5.78. The Balaban J connectivity index is 0.000000615. The molecule has 138 valence electrons. The first kappa shape index (κ1) is 21.2. The number of benzene rings is 3. The molecule has 26 heavy (non-hydrogen) atoms. The third-order valence-electron chi connectivity index (χ3n) is 3.92. The van der Waals surface area contributed by atoms with E-state index in [1.165, 1.54) is 27.5 Å². The minimum atomic E-state index is -0.250. The molecule has 0 atom stereocenters. The van der Waals surface area contributed by atoms with Gasteiger partial charge in [0.2, 0.25) is 0 Å². The third kappa shape index (κ3) is 5.35. The molecule has 0 radical (unpaired) electrons. The van der Waals surface area contributed by atoms with Gasteiger partial charge in [-0.1, -0.05) is 70.2 Å². The second-order valence-electron chi connectivity index (χ2n) is 5.78. The average molecular weight is 352 g/mol. The van der Waals surface area contributed by atoms with Gasteiger partial charge in [-0.15, -0.1) is 0 Å². The lowest BCUT2D eigenvalue weighted by Crippen LogP contribution is -1.93. The van der Waals surface area contributed by atoms with Crippen LogP contribution >= 0.6 is 0 Å². The van der Waals surface area contributed by atoms with E-state index in [2.05, 4.69) is 68.4 Å². The maximum Gasteiger partial charge on any atom is 0.290 e. The Morgan fingerprint density at radius 2 is 1.54 bits per heavy atom. The molecule has 0 fully saturated rings. The predicted molar refractivity (Wildman–Crippen MR) is 110 cm³/mol. The molecule has 0 unspecified atom stereocenters. The highest BCUT2D eigenvalue weighted by molar-refractivity contribution is 5.90. The monoisotopic (exact) mass is 352 g/mol. The summed E-state index contributed by atoms with van der Waals surface area (Å²) in [6, 6.07) is 21.4. The zero-order valence-electron chi connectivity index (χ0n) is 16.2. The van der Waals surface area contributed by atoms with Gasteiger partial charge in [-0.05, 0) is 51.6 Å². The van der Waals surface area contributed by atoms with Crippen LogP contribution in [0.3, 0.4) is 0 Å². The van der Waals surface area contributed by atoms with Gasteiger partial charge in [-0.2, -0.15) is 0 Å². The highest BCUT2D eigenvalue weighted by Gasteiger charge is 2.10. The minimum Gasteiger partial charge on any atom is -0.497 e. The van der Waals surface area contributed by atoms with Gasteiger partial charge in [-0.3, -0.25) is 4.79 Å². The van der Waals surface area contributed by atoms with E-state index in [1.54, 1.807) is 7.11 Å². The summed E-state index contributed by atoms with van der Waals surface area (Å²) in [6.45, 7) is 8.24. The fourth-order valence-corrected chi connectivity index (χ4v) is 2.77. The van der Waals surface area contributed by atoms with Gasteiger partial charge in [0.15, 0.2) is 0 Å². The largest absolute Gasteiger partial charge is 0.497 e. The maximum atomic E-state index is 8.36. The molecule has 0 aromatic heterocycles. The Morgan fingerprint density at radius 3 is 2.08 bits per heavy atom. The SMILES string of the molecule is CC.COc1ccc2cc(C(C)C)c(-c3ccccc3)cc2c1.O=CO. The molecule has 0 heterocycles. The normalized spacial score (nSPS) is 9.62. The quantitative estimate of drug-likeness (QED) is 0.557. The van der Waals surface area contributed by atoms with Crippen molar-refractivity contribution in [1.29, 1.82) is 0 Å². The molecule has 0 amide bonds. The molecule has 3 rings (SSSR count). The van der Waals surface area contributed by atoms with Crippen molar-refractivity contribution >= 4 is 17.2 Å². The number of hydrogen-bond donors (Lipinski definition) is 1. The van der Waals surface area contributed by atoms with E-state index >= 15 is 0 Å². The van der Waals surface area contributed by atoms with Crippen molar-refractivity contribution in [3.63, 3.8) is 0 Å². The van der Waals surface area contributed by atoms with Crippen LogP contribution in [0.5, 0.6) is 5.75 Å². The summed E-state index contributed by atoms with van der Waals surface area (Å²) in [5.74, 6) is 1.39. The molecule has 0 saturated carbocycles. The summed E-state index contributed by atoms with van der Waals surface area (Å²) in [7, 11) is 1.71. The maximum absolute atomic E-state index is 8.36. The fourth-order valence-electron chi connectivity index (χ4n) is 2.77.